The van der Waals surface area contributed by atoms with Gasteiger partial charge in [-0.25, -0.2) is 0 Å². The number of non-ortho nitro benzene ring substituents is 1. The molecule has 7 heteroatoms. The molecule has 3 fully saturated rings. The molecule has 5 rings (SSSR count). The number of carbonyl (C=O) groups is 2. The van der Waals surface area contributed by atoms with Gasteiger partial charge < -0.3 is 0 Å². The molecule has 2 bridgehead atoms. The molecule has 0 radical (unpaired) electrons. The second-order valence-corrected chi connectivity index (χ2v) is 7.31. The average Bonchev–Trinajstić information content (AvgIpc) is 3.20. The number of allylic oxidation sites excluding steroid dienone is 2. The molecule has 3 aliphatic carbocycles. The Hall–Kier alpha value is -2.83. The summed E-state index contributed by atoms with van der Waals surface area (Å²) in [7, 11) is 0. The lowest BCUT2D eigenvalue weighted by molar-refractivity contribution is -0.384. The van der Waals surface area contributed by atoms with E-state index in [1.807, 2.05) is 0 Å². The van der Waals surface area contributed by atoms with E-state index < -0.39 is 4.92 Å². The molecule has 1 aromatic carbocycles. The minimum atomic E-state index is -0.494. The number of benzene rings is 1. The molecular weight excluding hydrogens is 322 g/mol. The molecule has 1 saturated heterocycles. The van der Waals surface area contributed by atoms with Crippen molar-refractivity contribution < 1.29 is 14.5 Å². The fourth-order valence-electron chi connectivity index (χ4n) is 5.02. The van der Waals surface area contributed by atoms with E-state index in [2.05, 4.69) is 17.3 Å². The summed E-state index contributed by atoms with van der Waals surface area (Å²) in [6, 6.07) is 5.93. The molecule has 1 aliphatic heterocycles. The van der Waals surface area contributed by atoms with Crippen LogP contribution in [0.4, 0.5) is 5.69 Å². The van der Waals surface area contributed by atoms with Crippen molar-refractivity contribution in [3.63, 3.8) is 0 Å². The van der Waals surface area contributed by atoms with Crippen molar-refractivity contribution in [3.8, 4) is 0 Å². The Morgan fingerprint density at radius 3 is 2.36 bits per heavy atom. The van der Waals surface area contributed by atoms with Crippen LogP contribution in [0.25, 0.3) is 0 Å². The second kappa shape index (κ2) is 4.62. The van der Waals surface area contributed by atoms with E-state index in [-0.39, 0.29) is 46.6 Å². The number of carbonyl (C=O) groups excluding carboxylic acids is 2. The van der Waals surface area contributed by atoms with Crippen molar-refractivity contribution in [2.45, 2.75) is 12.8 Å². The highest BCUT2D eigenvalue weighted by Crippen LogP contribution is 2.73. The Kier molecular flexibility index (Phi) is 2.68. The summed E-state index contributed by atoms with van der Waals surface area (Å²) in [6.45, 7) is 0. The van der Waals surface area contributed by atoms with Crippen molar-refractivity contribution in [2.75, 3.05) is 0 Å². The van der Waals surface area contributed by atoms with Crippen molar-refractivity contribution in [1.29, 1.82) is 0 Å². The van der Waals surface area contributed by atoms with Gasteiger partial charge in [0.1, 0.15) is 0 Å². The van der Waals surface area contributed by atoms with E-state index in [0.29, 0.717) is 5.56 Å². The number of imide groups is 1. The van der Waals surface area contributed by atoms with Crippen molar-refractivity contribution in [1.82, 2.24) is 5.01 Å². The molecular formula is C18H15N3O4. The zero-order chi connectivity index (χ0) is 17.3. The standard InChI is InChI=1S/C18H15N3O4/c22-16-14-12-4-5-13(18(12)6-7-18)15(14)17(23)20(16)19-9-10-2-1-3-11(8-10)21(24)25/h1-5,8-9,12-15H,6-7H2/b19-9-/t12-,13-,14-,15+/m1/s1. The zero-order valence-electron chi connectivity index (χ0n) is 13.2. The first-order chi connectivity index (χ1) is 12.0. The fraction of sp³-hybridized carbons (Fsp3) is 0.389. The summed E-state index contributed by atoms with van der Waals surface area (Å²) >= 11 is 0. The predicted molar refractivity (Wildman–Crippen MR) is 87.3 cm³/mol. The van der Waals surface area contributed by atoms with Crippen molar-refractivity contribution in [2.24, 2.45) is 34.2 Å². The van der Waals surface area contributed by atoms with E-state index in [1.165, 1.54) is 18.3 Å². The Labute approximate surface area is 143 Å². The molecule has 126 valence electrons. The maximum atomic E-state index is 12.7. The summed E-state index contributed by atoms with van der Waals surface area (Å²) in [5.41, 5.74) is 0.584. The van der Waals surface area contributed by atoms with Gasteiger partial charge in [0.2, 0.25) is 0 Å². The van der Waals surface area contributed by atoms with E-state index in [1.54, 1.807) is 12.1 Å². The maximum Gasteiger partial charge on any atom is 0.270 e. The minimum absolute atomic E-state index is 0.0576. The fourth-order valence-corrected chi connectivity index (χ4v) is 5.02. The number of hydrogen-bond donors (Lipinski definition) is 0. The molecule has 1 heterocycles. The van der Waals surface area contributed by atoms with Gasteiger partial charge in [0.05, 0.1) is 23.0 Å². The number of hydrogen-bond acceptors (Lipinski definition) is 5. The van der Waals surface area contributed by atoms with Crippen LogP contribution in [0.2, 0.25) is 0 Å². The van der Waals surface area contributed by atoms with E-state index in [4.69, 9.17) is 0 Å². The normalized spacial score (nSPS) is 33.7. The molecule has 1 spiro atoms. The molecule has 2 amide bonds. The first-order valence-electron chi connectivity index (χ1n) is 8.37. The lowest BCUT2D eigenvalue weighted by atomic mass is 9.85. The third-order valence-electron chi connectivity index (χ3n) is 6.23. The van der Waals surface area contributed by atoms with Gasteiger partial charge in [-0.05, 0) is 30.1 Å². The number of fused-ring (bicyclic) bond motifs is 3. The van der Waals surface area contributed by atoms with Crippen LogP contribution in [0.15, 0.2) is 41.5 Å². The molecule has 0 unspecified atom stereocenters. The summed E-state index contributed by atoms with van der Waals surface area (Å²) in [6.07, 6.45) is 7.75. The van der Waals surface area contributed by atoms with Crippen LogP contribution >= 0.6 is 0 Å². The average molecular weight is 337 g/mol. The first kappa shape index (κ1) is 14.5. The van der Waals surface area contributed by atoms with Crippen LogP contribution in [0.3, 0.4) is 0 Å². The molecule has 2 saturated carbocycles. The molecule has 0 N–H and O–H groups in total. The van der Waals surface area contributed by atoms with Gasteiger partial charge >= 0.3 is 0 Å². The highest BCUT2D eigenvalue weighted by molar-refractivity contribution is 6.07. The molecule has 0 aromatic heterocycles. The first-order valence-corrected chi connectivity index (χ1v) is 8.37. The summed E-state index contributed by atoms with van der Waals surface area (Å²) in [5, 5.41) is 15.9. The summed E-state index contributed by atoms with van der Waals surface area (Å²) in [5.74, 6) is -0.715. The topological polar surface area (TPSA) is 92.9 Å². The van der Waals surface area contributed by atoms with Gasteiger partial charge in [0.15, 0.2) is 0 Å². The summed E-state index contributed by atoms with van der Waals surface area (Å²) < 4.78 is 0. The van der Waals surface area contributed by atoms with Crippen LogP contribution in [-0.2, 0) is 9.59 Å². The third-order valence-corrected chi connectivity index (χ3v) is 6.23. The number of hydrazone groups is 1. The van der Waals surface area contributed by atoms with E-state index in [9.17, 15) is 19.7 Å². The van der Waals surface area contributed by atoms with Gasteiger partial charge in [0.25, 0.3) is 17.5 Å². The highest BCUT2D eigenvalue weighted by Gasteiger charge is 2.73. The van der Waals surface area contributed by atoms with Crippen molar-refractivity contribution in [3.05, 3.63) is 52.1 Å². The lowest BCUT2D eigenvalue weighted by Gasteiger charge is -2.18. The van der Waals surface area contributed by atoms with Crippen molar-refractivity contribution >= 4 is 23.7 Å². The second-order valence-electron chi connectivity index (χ2n) is 7.31. The number of nitro groups is 1. The van der Waals surface area contributed by atoms with Crippen LogP contribution < -0.4 is 0 Å². The van der Waals surface area contributed by atoms with E-state index in [0.717, 1.165) is 17.9 Å². The SMILES string of the molecule is O=C1[C@@H]2[C@H](C(=O)N1/N=C\c1cccc([N+](=O)[O-])c1)[C@H]1C=C[C@H]2C12CC2. The van der Waals surface area contributed by atoms with Crippen LogP contribution in [0, 0.1) is 39.2 Å². The third kappa shape index (κ3) is 1.78. The highest BCUT2D eigenvalue weighted by atomic mass is 16.6. The van der Waals surface area contributed by atoms with Gasteiger partial charge in [0, 0.05) is 17.7 Å². The van der Waals surface area contributed by atoms with Gasteiger partial charge in [-0.3, -0.25) is 19.7 Å². The Morgan fingerprint density at radius 1 is 1.16 bits per heavy atom. The Morgan fingerprint density at radius 2 is 1.80 bits per heavy atom. The number of nitro benzene ring substituents is 1. The molecule has 25 heavy (non-hydrogen) atoms. The Bertz CT molecular complexity index is 852. The largest absolute Gasteiger partial charge is 0.272 e. The van der Waals surface area contributed by atoms with Gasteiger partial charge in [-0.1, -0.05) is 24.3 Å². The zero-order valence-corrected chi connectivity index (χ0v) is 13.2. The Balaban J connectivity index is 1.42. The quantitative estimate of drug-likeness (QED) is 0.278. The number of rotatable bonds is 3. The number of nitrogens with zero attached hydrogens (tertiary/aromatic N) is 3. The van der Waals surface area contributed by atoms with Gasteiger partial charge in [-0.2, -0.15) is 10.1 Å². The summed E-state index contributed by atoms with van der Waals surface area (Å²) in [4.78, 5) is 35.8. The van der Waals surface area contributed by atoms with Crippen LogP contribution in [0.5, 0.6) is 0 Å². The smallest absolute Gasteiger partial charge is 0.270 e. The molecule has 7 nitrogen and oxygen atoms in total. The van der Waals surface area contributed by atoms with E-state index >= 15 is 0 Å². The molecule has 4 aliphatic rings. The monoisotopic (exact) mass is 337 g/mol. The molecule has 1 aromatic rings. The minimum Gasteiger partial charge on any atom is -0.272 e. The predicted octanol–water partition coefficient (Wildman–Crippen LogP) is 2.13. The lowest BCUT2D eigenvalue weighted by Crippen LogP contribution is -2.30. The maximum absolute atomic E-state index is 12.7. The van der Waals surface area contributed by atoms with Crippen LogP contribution in [-0.4, -0.2) is 28.0 Å². The number of amides is 2. The molecule has 4 atom stereocenters. The van der Waals surface area contributed by atoms with Gasteiger partial charge in [-0.15, -0.1) is 0 Å². The van der Waals surface area contributed by atoms with Crippen LogP contribution in [0.1, 0.15) is 18.4 Å².